The molecule has 0 radical (unpaired) electrons. The Kier molecular flexibility index (Phi) is 2.60. The fraction of sp³-hybridized carbons (Fsp3) is 0.364. The van der Waals surface area contributed by atoms with Crippen molar-refractivity contribution >= 4 is 11.6 Å². The lowest BCUT2D eigenvalue weighted by atomic mass is 10.0. The van der Waals surface area contributed by atoms with E-state index in [1.807, 2.05) is 19.1 Å². The van der Waals surface area contributed by atoms with E-state index in [4.69, 9.17) is 5.73 Å². The molecule has 1 aromatic carbocycles. The van der Waals surface area contributed by atoms with Crippen LogP contribution in [0.2, 0.25) is 0 Å². The third-order valence-corrected chi connectivity index (χ3v) is 2.74. The second kappa shape index (κ2) is 3.90. The average Bonchev–Trinajstić information content (AvgIpc) is 2.13. The van der Waals surface area contributed by atoms with Crippen LogP contribution >= 0.6 is 0 Å². The van der Waals surface area contributed by atoms with Gasteiger partial charge in [-0.2, -0.15) is 0 Å². The van der Waals surface area contributed by atoms with Gasteiger partial charge < -0.3 is 16.4 Å². The van der Waals surface area contributed by atoms with E-state index < -0.39 is 0 Å². The van der Waals surface area contributed by atoms with Crippen LogP contribution in [0.4, 0.5) is 5.69 Å². The van der Waals surface area contributed by atoms with Gasteiger partial charge in [0, 0.05) is 24.3 Å². The highest BCUT2D eigenvalue weighted by Gasteiger charge is 2.17. The molecule has 2 rings (SSSR count). The summed E-state index contributed by atoms with van der Waals surface area (Å²) in [6, 6.07) is 6.04. The molecule has 1 fully saturated rings. The molecule has 1 aliphatic heterocycles. The molecule has 1 heterocycles. The first-order valence-corrected chi connectivity index (χ1v) is 5.05. The molecule has 0 spiro atoms. The van der Waals surface area contributed by atoms with E-state index in [0.29, 0.717) is 11.6 Å². The van der Waals surface area contributed by atoms with E-state index in [9.17, 15) is 4.79 Å². The van der Waals surface area contributed by atoms with Gasteiger partial charge in [-0.25, -0.2) is 0 Å². The van der Waals surface area contributed by atoms with Gasteiger partial charge in [0.05, 0.1) is 6.04 Å². The third kappa shape index (κ3) is 1.94. The molecule has 0 unspecified atom stereocenters. The lowest BCUT2D eigenvalue weighted by molar-refractivity contribution is 0.1000. The fourth-order valence-electron chi connectivity index (χ4n) is 1.67. The summed E-state index contributed by atoms with van der Waals surface area (Å²) in [4.78, 5) is 11.1. The van der Waals surface area contributed by atoms with Crippen molar-refractivity contribution in [1.82, 2.24) is 5.32 Å². The second-order valence-electron chi connectivity index (χ2n) is 3.84. The maximum absolute atomic E-state index is 11.1. The summed E-state index contributed by atoms with van der Waals surface area (Å²) in [6.07, 6.45) is 0. The molecule has 4 heteroatoms. The van der Waals surface area contributed by atoms with E-state index >= 15 is 0 Å². The van der Waals surface area contributed by atoms with Gasteiger partial charge in [-0.3, -0.25) is 4.79 Å². The molecule has 4 N–H and O–H groups in total. The maximum Gasteiger partial charge on any atom is 0.249 e. The molecule has 0 aliphatic carbocycles. The number of primary amides is 1. The quantitative estimate of drug-likeness (QED) is 0.672. The Balaban J connectivity index is 2.22. The number of hydrogen-bond donors (Lipinski definition) is 3. The number of benzene rings is 1. The zero-order chi connectivity index (χ0) is 10.8. The molecule has 0 saturated carbocycles. The number of carbonyl (C=O) groups is 1. The van der Waals surface area contributed by atoms with Crippen molar-refractivity contribution in [2.75, 3.05) is 18.4 Å². The molecule has 15 heavy (non-hydrogen) atoms. The summed E-state index contributed by atoms with van der Waals surface area (Å²) in [5.74, 6) is -0.372. The lowest BCUT2D eigenvalue weighted by Gasteiger charge is -2.29. The number of carbonyl (C=O) groups excluding carboxylic acids is 1. The van der Waals surface area contributed by atoms with Crippen LogP contribution in [-0.2, 0) is 0 Å². The Morgan fingerprint density at radius 2 is 2.27 bits per heavy atom. The van der Waals surface area contributed by atoms with Crippen molar-refractivity contribution in [1.29, 1.82) is 0 Å². The Labute approximate surface area is 88.9 Å². The van der Waals surface area contributed by atoms with E-state index in [0.717, 1.165) is 24.3 Å². The molecular formula is C11H15N3O. The van der Waals surface area contributed by atoms with Crippen molar-refractivity contribution in [2.45, 2.75) is 13.0 Å². The first-order chi connectivity index (χ1) is 7.18. The molecule has 0 atom stereocenters. The van der Waals surface area contributed by atoms with Crippen LogP contribution in [0.15, 0.2) is 18.2 Å². The van der Waals surface area contributed by atoms with E-state index in [-0.39, 0.29) is 5.91 Å². The summed E-state index contributed by atoms with van der Waals surface area (Å²) in [7, 11) is 0. The number of hydrogen-bond acceptors (Lipinski definition) is 3. The smallest absolute Gasteiger partial charge is 0.249 e. The Hall–Kier alpha value is -1.55. The van der Waals surface area contributed by atoms with Gasteiger partial charge in [0.25, 0.3) is 0 Å². The zero-order valence-electron chi connectivity index (χ0n) is 8.71. The minimum atomic E-state index is -0.372. The normalized spacial score (nSPS) is 15.8. The predicted octanol–water partition coefficient (Wildman–Crippen LogP) is 0.478. The minimum Gasteiger partial charge on any atom is -0.380 e. The van der Waals surface area contributed by atoms with Crippen molar-refractivity contribution < 1.29 is 4.79 Å². The first-order valence-electron chi connectivity index (χ1n) is 5.05. The van der Waals surface area contributed by atoms with Crippen LogP contribution in [0.3, 0.4) is 0 Å². The van der Waals surface area contributed by atoms with Crippen molar-refractivity contribution in [3.63, 3.8) is 0 Å². The number of anilines is 1. The largest absolute Gasteiger partial charge is 0.380 e. The Morgan fingerprint density at radius 1 is 1.53 bits per heavy atom. The zero-order valence-corrected chi connectivity index (χ0v) is 8.71. The van der Waals surface area contributed by atoms with E-state index in [2.05, 4.69) is 10.6 Å². The van der Waals surface area contributed by atoms with Crippen LogP contribution in [0.1, 0.15) is 15.9 Å². The first kappa shape index (κ1) is 9.98. The van der Waals surface area contributed by atoms with Crippen molar-refractivity contribution in [2.24, 2.45) is 5.73 Å². The van der Waals surface area contributed by atoms with Crippen molar-refractivity contribution in [3.05, 3.63) is 29.3 Å². The Bertz CT molecular complexity index is 385. The highest BCUT2D eigenvalue weighted by molar-refractivity contribution is 5.95. The van der Waals surface area contributed by atoms with Gasteiger partial charge in [0.1, 0.15) is 0 Å². The SMILES string of the molecule is Cc1c(NC2CNC2)cccc1C(N)=O. The number of nitrogens with two attached hydrogens (primary N) is 1. The fourth-order valence-corrected chi connectivity index (χ4v) is 1.67. The Morgan fingerprint density at radius 3 is 2.80 bits per heavy atom. The predicted molar refractivity (Wildman–Crippen MR) is 60.0 cm³/mol. The monoisotopic (exact) mass is 205 g/mol. The van der Waals surface area contributed by atoms with Crippen molar-refractivity contribution in [3.8, 4) is 0 Å². The molecular weight excluding hydrogens is 190 g/mol. The average molecular weight is 205 g/mol. The highest BCUT2D eigenvalue weighted by atomic mass is 16.1. The summed E-state index contributed by atoms with van der Waals surface area (Å²) in [5.41, 5.74) is 7.80. The molecule has 4 nitrogen and oxygen atoms in total. The molecule has 1 saturated heterocycles. The lowest BCUT2D eigenvalue weighted by Crippen LogP contribution is -2.51. The van der Waals surface area contributed by atoms with Crippen LogP contribution in [0, 0.1) is 6.92 Å². The molecule has 80 valence electrons. The molecule has 1 amide bonds. The molecule has 1 aromatic rings. The third-order valence-electron chi connectivity index (χ3n) is 2.74. The minimum absolute atomic E-state index is 0.372. The van der Waals surface area contributed by atoms with E-state index in [1.165, 1.54) is 0 Å². The molecule has 0 bridgehead atoms. The summed E-state index contributed by atoms with van der Waals surface area (Å²) in [6.45, 7) is 3.86. The van der Waals surface area contributed by atoms with Gasteiger partial charge in [-0.15, -0.1) is 0 Å². The highest BCUT2D eigenvalue weighted by Crippen LogP contribution is 2.19. The summed E-state index contributed by atoms with van der Waals surface area (Å²) >= 11 is 0. The van der Waals surface area contributed by atoms with Gasteiger partial charge in [0.2, 0.25) is 5.91 Å². The molecule has 0 aromatic heterocycles. The second-order valence-corrected chi connectivity index (χ2v) is 3.84. The van der Waals surface area contributed by atoms with Crippen LogP contribution in [0.5, 0.6) is 0 Å². The standard InChI is InChI=1S/C11H15N3O/c1-7-9(11(12)15)3-2-4-10(7)14-8-5-13-6-8/h2-4,8,13-14H,5-6H2,1H3,(H2,12,15). The van der Waals surface area contributed by atoms with Crippen LogP contribution < -0.4 is 16.4 Å². The van der Waals surface area contributed by atoms with Crippen LogP contribution in [-0.4, -0.2) is 25.0 Å². The van der Waals surface area contributed by atoms with Gasteiger partial charge in [0.15, 0.2) is 0 Å². The van der Waals surface area contributed by atoms with Crippen LogP contribution in [0.25, 0.3) is 0 Å². The van der Waals surface area contributed by atoms with E-state index in [1.54, 1.807) is 6.07 Å². The number of nitrogens with one attached hydrogen (secondary N) is 2. The summed E-state index contributed by atoms with van der Waals surface area (Å²) in [5, 5.41) is 6.56. The molecule has 1 aliphatic rings. The number of amides is 1. The topological polar surface area (TPSA) is 67.2 Å². The number of rotatable bonds is 3. The summed E-state index contributed by atoms with van der Waals surface area (Å²) < 4.78 is 0. The maximum atomic E-state index is 11.1. The van der Waals surface area contributed by atoms with Gasteiger partial charge in [-0.05, 0) is 24.6 Å². The van der Waals surface area contributed by atoms with Gasteiger partial charge >= 0.3 is 0 Å². The van der Waals surface area contributed by atoms with Gasteiger partial charge in [-0.1, -0.05) is 6.07 Å².